The van der Waals surface area contributed by atoms with E-state index in [1.165, 1.54) is 17.4 Å². The number of fused-ring (bicyclic) bond motifs is 1. The maximum absolute atomic E-state index is 12.8. The van der Waals surface area contributed by atoms with Crippen LogP contribution in [0.1, 0.15) is 31.0 Å². The third-order valence-electron chi connectivity index (χ3n) is 5.62. The number of para-hydroxylation sites is 2. The fourth-order valence-electron chi connectivity index (χ4n) is 3.76. The first-order valence-corrected chi connectivity index (χ1v) is 10.0. The minimum Gasteiger partial charge on any atom is -0.408 e. The third kappa shape index (κ3) is 3.82. The molecule has 0 bridgehead atoms. The summed E-state index contributed by atoms with van der Waals surface area (Å²) < 4.78 is 14.1. The van der Waals surface area contributed by atoms with E-state index in [0.717, 1.165) is 24.6 Å². The molecule has 0 N–H and O–H groups in total. The van der Waals surface area contributed by atoms with E-state index in [0.29, 0.717) is 30.8 Å². The number of carbonyl (C=O) groups is 1. The number of oxazole rings is 1. The lowest BCUT2D eigenvalue weighted by molar-refractivity contribution is -0.130. The normalized spacial score (nSPS) is 19.3. The van der Waals surface area contributed by atoms with Gasteiger partial charge in [-0.1, -0.05) is 17.3 Å². The highest BCUT2D eigenvalue weighted by atomic mass is 16.5. The van der Waals surface area contributed by atoms with E-state index >= 15 is 0 Å². The molecule has 29 heavy (non-hydrogen) atoms. The van der Waals surface area contributed by atoms with Gasteiger partial charge in [0.05, 0.1) is 24.4 Å². The maximum Gasteiger partial charge on any atom is 0.420 e. The van der Waals surface area contributed by atoms with Crippen molar-refractivity contribution in [2.45, 2.75) is 38.5 Å². The maximum atomic E-state index is 12.8. The van der Waals surface area contributed by atoms with Crippen molar-refractivity contribution in [1.29, 1.82) is 0 Å². The lowest BCUT2D eigenvalue weighted by Crippen LogP contribution is -2.34. The molecule has 1 atom stereocenters. The summed E-state index contributed by atoms with van der Waals surface area (Å²) in [5.74, 6) is 0.107. The van der Waals surface area contributed by atoms with E-state index in [4.69, 9.17) is 9.15 Å². The first kappa shape index (κ1) is 18.1. The number of rotatable bonds is 7. The summed E-state index contributed by atoms with van der Waals surface area (Å²) in [5, 5.41) is 8.40. The highest BCUT2D eigenvalue weighted by Gasteiger charge is 2.29. The molecular weight excluding hydrogens is 374 g/mol. The van der Waals surface area contributed by atoms with Gasteiger partial charge in [-0.05, 0) is 37.3 Å². The molecule has 9 nitrogen and oxygen atoms in total. The van der Waals surface area contributed by atoms with Crippen LogP contribution in [-0.2, 0) is 22.7 Å². The Hall–Kier alpha value is -2.94. The van der Waals surface area contributed by atoms with Crippen molar-refractivity contribution in [3.63, 3.8) is 0 Å². The van der Waals surface area contributed by atoms with Crippen molar-refractivity contribution in [2.24, 2.45) is 5.92 Å². The van der Waals surface area contributed by atoms with Crippen LogP contribution in [-0.4, -0.2) is 50.1 Å². The van der Waals surface area contributed by atoms with Gasteiger partial charge in [0.1, 0.15) is 12.2 Å². The average Bonchev–Trinajstić information content (AvgIpc) is 3.11. The topological polar surface area (TPSA) is 95.4 Å². The van der Waals surface area contributed by atoms with Gasteiger partial charge in [0.25, 0.3) is 0 Å². The third-order valence-corrected chi connectivity index (χ3v) is 5.62. The number of aromatic nitrogens is 4. The van der Waals surface area contributed by atoms with Gasteiger partial charge in [-0.2, -0.15) is 0 Å². The van der Waals surface area contributed by atoms with Crippen LogP contribution in [0.5, 0.6) is 0 Å². The Kier molecular flexibility index (Phi) is 4.67. The second-order valence-corrected chi connectivity index (χ2v) is 7.85. The van der Waals surface area contributed by atoms with Gasteiger partial charge in [0.15, 0.2) is 5.58 Å². The molecule has 5 rings (SSSR count). The lowest BCUT2D eigenvalue weighted by atomic mass is 10.3. The largest absolute Gasteiger partial charge is 0.420 e. The van der Waals surface area contributed by atoms with Crippen molar-refractivity contribution in [3.05, 3.63) is 46.7 Å². The molecule has 1 unspecified atom stereocenters. The molecule has 152 valence electrons. The molecule has 0 spiro atoms. The van der Waals surface area contributed by atoms with Crippen LogP contribution in [0.25, 0.3) is 11.1 Å². The van der Waals surface area contributed by atoms with Crippen LogP contribution in [0.15, 0.2) is 39.7 Å². The molecule has 1 aliphatic carbocycles. The number of carbonyl (C=O) groups excluding carboxylic acids is 1. The van der Waals surface area contributed by atoms with Gasteiger partial charge in [-0.15, -0.1) is 5.10 Å². The number of nitrogens with zero attached hydrogens (tertiary/aromatic N) is 5. The Labute approximate surface area is 166 Å². The summed E-state index contributed by atoms with van der Waals surface area (Å²) in [6.07, 6.45) is 5.23. The van der Waals surface area contributed by atoms with E-state index in [-0.39, 0.29) is 18.5 Å². The molecule has 1 saturated heterocycles. The molecule has 3 heterocycles. The Morgan fingerprint density at radius 1 is 1.24 bits per heavy atom. The van der Waals surface area contributed by atoms with Gasteiger partial charge in [0, 0.05) is 19.7 Å². The van der Waals surface area contributed by atoms with Crippen LogP contribution in [0.3, 0.4) is 0 Å². The van der Waals surface area contributed by atoms with Crippen molar-refractivity contribution in [2.75, 3.05) is 19.7 Å². The minimum absolute atomic E-state index is 0.0276. The second kappa shape index (κ2) is 7.47. The van der Waals surface area contributed by atoms with E-state index < -0.39 is 5.76 Å². The lowest BCUT2D eigenvalue weighted by Gasteiger charge is -2.16. The Morgan fingerprint density at radius 2 is 2.10 bits per heavy atom. The molecule has 0 radical (unpaired) electrons. The molecule has 1 amide bonds. The van der Waals surface area contributed by atoms with Crippen molar-refractivity contribution in [1.82, 2.24) is 24.5 Å². The molecule has 2 aromatic heterocycles. The summed E-state index contributed by atoms with van der Waals surface area (Å²) in [4.78, 5) is 26.6. The zero-order chi connectivity index (χ0) is 19.8. The van der Waals surface area contributed by atoms with Gasteiger partial charge in [-0.3, -0.25) is 9.36 Å². The number of hydrogen-bond donors (Lipinski definition) is 0. The number of amides is 1. The second-order valence-electron chi connectivity index (χ2n) is 7.85. The Bertz CT molecular complexity index is 1080. The first-order chi connectivity index (χ1) is 14.2. The predicted molar refractivity (Wildman–Crippen MR) is 103 cm³/mol. The number of likely N-dealkylation sites (tertiary alicyclic amines) is 1. The molecule has 2 aliphatic rings. The molecule has 3 aromatic rings. The molecule has 2 fully saturated rings. The zero-order valence-corrected chi connectivity index (χ0v) is 16.1. The molecule has 1 aliphatic heterocycles. The van der Waals surface area contributed by atoms with Gasteiger partial charge < -0.3 is 14.1 Å². The minimum atomic E-state index is -0.512. The SMILES string of the molecule is O=C(Cn1c(=O)oc2ccccc21)N1CCC(n2cc(COCC3CC3)nn2)C1. The summed E-state index contributed by atoms with van der Waals surface area (Å²) in [7, 11) is 0. The first-order valence-electron chi connectivity index (χ1n) is 10.0. The van der Waals surface area contributed by atoms with Crippen LogP contribution >= 0.6 is 0 Å². The van der Waals surface area contributed by atoms with E-state index in [2.05, 4.69) is 10.3 Å². The number of ether oxygens (including phenoxy) is 1. The van der Waals surface area contributed by atoms with E-state index in [1.807, 2.05) is 16.9 Å². The Morgan fingerprint density at radius 3 is 2.97 bits per heavy atom. The summed E-state index contributed by atoms with van der Waals surface area (Å²) in [5.41, 5.74) is 1.93. The zero-order valence-electron chi connectivity index (χ0n) is 16.1. The smallest absolute Gasteiger partial charge is 0.408 e. The highest BCUT2D eigenvalue weighted by molar-refractivity contribution is 5.79. The van der Waals surface area contributed by atoms with Crippen molar-refractivity contribution in [3.8, 4) is 0 Å². The summed E-state index contributed by atoms with van der Waals surface area (Å²) in [6, 6.07) is 7.21. The molecule has 1 saturated carbocycles. The monoisotopic (exact) mass is 397 g/mol. The van der Waals surface area contributed by atoms with E-state index in [1.54, 1.807) is 23.1 Å². The number of benzene rings is 1. The average molecular weight is 397 g/mol. The highest BCUT2D eigenvalue weighted by Crippen LogP contribution is 2.29. The van der Waals surface area contributed by atoms with Crippen molar-refractivity contribution < 1.29 is 13.9 Å². The predicted octanol–water partition coefficient (Wildman–Crippen LogP) is 1.59. The summed E-state index contributed by atoms with van der Waals surface area (Å²) >= 11 is 0. The molecule has 9 heteroatoms. The van der Waals surface area contributed by atoms with Crippen molar-refractivity contribution >= 4 is 17.0 Å². The van der Waals surface area contributed by atoms with Gasteiger partial charge in [-0.25, -0.2) is 9.48 Å². The van der Waals surface area contributed by atoms with Gasteiger partial charge >= 0.3 is 5.76 Å². The quantitative estimate of drug-likeness (QED) is 0.601. The standard InChI is InChI=1S/C20H23N5O4/c26-19(11-24-17-3-1-2-4-18(17)29-20(24)27)23-8-7-16(10-23)25-9-15(21-22-25)13-28-12-14-5-6-14/h1-4,9,14,16H,5-8,10-13H2. The van der Waals surface area contributed by atoms with Crippen LogP contribution < -0.4 is 5.76 Å². The summed E-state index contributed by atoms with van der Waals surface area (Å²) in [6.45, 7) is 2.42. The van der Waals surface area contributed by atoms with Crippen LogP contribution in [0.4, 0.5) is 0 Å². The Balaban J connectivity index is 1.20. The van der Waals surface area contributed by atoms with Gasteiger partial charge in [0.2, 0.25) is 5.91 Å². The van der Waals surface area contributed by atoms with Crippen LogP contribution in [0, 0.1) is 5.92 Å². The fourth-order valence-corrected chi connectivity index (χ4v) is 3.76. The fraction of sp³-hybridized carbons (Fsp3) is 0.500. The van der Waals surface area contributed by atoms with E-state index in [9.17, 15) is 9.59 Å². The molecular formula is C20H23N5O4. The molecule has 1 aromatic carbocycles. The number of hydrogen-bond acceptors (Lipinski definition) is 6. The van der Waals surface area contributed by atoms with Crippen LogP contribution in [0.2, 0.25) is 0 Å².